The molecule has 0 spiro atoms. The lowest BCUT2D eigenvalue weighted by Crippen LogP contribution is -2.31. The Bertz CT molecular complexity index is 1830. The standard InChI is InChI=1S/C28H25N2O/c1-16-10-13-22(30(5)15-16)23-17(2)11-12-19-25-27(31-26(19)23)24-18-8-6-7-9-20(18)28(3,4)21(24)14-29-25/h6-15H,1-5H3/q+1/i1D3,3D3,4D3. The van der Waals surface area contributed by atoms with Crippen molar-refractivity contribution in [2.75, 3.05) is 0 Å². The van der Waals surface area contributed by atoms with Crippen LogP contribution in [0.4, 0.5) is 0 Å². The van der Waals surface area contributed by atoms with Gasteiger partial charge in [0.1, 0.15) is 12.6 Å². The van der Waals surface area contributed by atoms with Crippen LogP contribution in [0.3, 0.4) is 0 Å². The molecular formula is C28H25N2O+. The number of furan rings is 1. The van der Waals surface area contributed by atoms with Crippen molar-refractivity contribution in [3.05, 3.63) is 83.2 Å². The first-order valence-electron chi connectivity index (χ1n) is 14.5. The van der Waals surface area contributed by atoms with Crippen molar-refractivity contribution in [3.8, 4) is 22.4 Å². The zero-order valence-corrected chi connectivity index (χ0v) is 17.1. The van der Waals surface area contributed by atoms with Crippen LogP contribution in [-0.2, 0) is 12.5 Å². The summed E-state index contributed by atoms with van der Waals surface area (Å²) in [5.41, 5.74) is 2.72. The molecule has 1 aliphatic carbocycles. The van der Waals surface area contributed by atoms with Gasteiger partial charge in [-0.2, -0.15) is 0 Å². The quantitative estimate of drug-likeness (QED) is 0.297. The maximum absolute atomic E-state index is 8.44. The fourth-order valence-corrected chi connectivity index (χ4v) is 4.77. The summed E-state index contributed by atoms with van der Waals surface area (Å²) < 4.78 is 82.2. The molecule has 0 unspecified atom stereocenters. The number of hydrogen-bond acceptors (Lipinski definition) is 2. The number of pyridine rings is 2. The van der Waals surface area contributed by atoms with Crippen molar-refractivity contribution in [1.29, 1.82) is 0 Å². The van der Waals surface area contributed by atoms with Crippen molar-refractivity contribution >= 4 is 22.1 Å². The number of aromatic nitrogens is 2. The summed E-state index contributed by atoms with van der Waals surface area (Å²) in [4.78, 5) is 4.60. The highest BCUT2D eigenvalue weighted by Crippen LogP contribution is 2.52. The highest BCUT2D eigenvalue weighted by molar-refractivity contribution is 6.12. The summed E-state index contributed by atoms with van der Waals surface area (Å²) >= 11 is 0. The predicted molar refractivity (Wildman–Crippen MR) is 125 cm³/mol. The molecule has 1 aliphatic rings. The molecule has 0 saturated carbocycles. The lowest BCUT2D eigenvalue weighted by atomic mass is 9.83. The molecule has 3 heteroatoms. The van der Waals surface area contributed by atoms with Gasteiger partial charge < -0.3 is 4.42 Å². The first kappa shape index (κ1) is 11.2. The van der Waals surface area contributed by atoms with Gasteiger partial charge in [0.05, 0.1) is 5.56 Å². The van der Waals surface area contributed by atoms with Crippen molar-refractivity contribution in [2.24, 2.45) is 7.05 Å². The summed E-state index contributed by atoms with van der Waals surface area (Å²) in [5, 5.41) is 0.677. The largest absolute Gasteiger partial charge is 0.453 e. The summed E-state index contributed by atoms with van der Waals surface area (Å²) in [5.74, 6) is 0. The van der Waals surface area contributed by atoms with Crippen LogP contribution in [0.15, 0.2) is 65.3 Å². The van der Waals surface area contributed by atoms with Gasteiger partial charge in [-0.15, -0.1) is 0 Å². The van der Waals surface area contributed by atoms with E-state index in [9.17, 15) is 0 Å². The van der Waals surface area contributed by atoms with Crippen LogP contribution in [0, 0.1) is 13.8 Å². The number of benzene rings is 2. The van der Waals surface area contributed by atoms with Gasteiger partial charge in [-0.3, -0.25) is 4.98 Å². The van der Waals surface area contributed by atoms with E-state index in [1.54, 1.807) is 54.2 Å². The van der Waals surface area contributed by atoms with Crippen molar-refractivity contribution in [1.82, 2.24) is 4.98 Å². The predicted octanol–water partition coefficient (Wildman–Crippen LogP) is 6.40. The summed E-state index contributed by atoms with van der Waals surface area (Å²) in [7, 11) is 1.76. The second-order valence-electron chi connectivity index (χ2n) is 8.17. The number of rotatable bonds is 1. The van der Waals surface area contributed by atoms with E-state index in [0.717, 1.165) is 11.1 Å². The Balaban J connectivity index is 1.72. The van der Waals surface area contributed by atoms with Gasteiger partial charge in [0.25, 0.3) is 0 Å². The average molecular weight is 415 g/mol. The van der Waals surface area contributed by atoms with Crippen LogP contribution in [0.2, 0.25) is 0 Å². The molecule has 0 fully saturated rings. The average Bonchev–Trinajstić information content (AvgIpc) is 3.37. The van der Waals surface area contributed by atoms with Gasteiger partial charge in [0.2, 0.25) is 5.69 Å². The highest BCUT2D eigenvalue weighted by atomic mass is 16.3. The number of fused-ring (bicyclic) bond motifs is 7. The fraction of sp³-hybridized carbons (Fsp3) is 0.214. The lowest BCUT2D eigenvalue weighted by Gasteiger charge is -2.20. The summed E-state index contributed by atoms with van der Waals surface area (Å²) in [6.45, 7) is -6.14. The molecule has 3 heterocycles. The molecule has 2 aromatic carbocycles. The van der Waals surface area contributed by atoms with Crippen LogP contribution in [0.1, 0.15) is 48.3 Å². The third-order valence-electron chi connectivity index (χ3n) is 6.25. The Morgan fingerprint density at radius 3 is 2.65 bits per heavy atom. The van der Waals surface area contributed by atoms with E-state index in [0.29, 0.717) is 38.9 Å². The molecule has 5 aromatic rings. The van der Waals surface area contributed by atoms with Gasteiger partial charge in [-0.05, 0) is 48.2 Å². The smallest absolute Gasteiger partial charge is 0.216 e. The van der Waals surface area contributed by atoms with Crippen molar-refractivity contribution in [2.45, 2.75) is 32.9 Å². The van der Waals surface area contributed by atoms with Gasteiger partial charge in [-0.25, -0.2) is 4.57 Å². The van der Waals surface area contributed by atoms with E-state index >= 15 is 0 Å². The van der Waals surface area contributed by atoms with E-state index in [4.69, 9.17) is 16.8 Å². The molecule has 0 aliphatic heterocycles. The van der Waals surface area contributed by atoms with Gasteiger partial charge in [-0.1, -0.05) is 44.0 Å². The Morgan fingerprint density at radius 2 is 1.84 bits per heavy atom. The first-order valence-corrected chi connectivity index (χ1v) is 10.0. The third kappa shape index (κ3) is 2.35. The lowest BCUT2D eigenvalue weighted by molar-refractivity contribution is -0.660. The fourth-order valence-electron chi connectivity index (χ4n) is 4.77. The molecule has 6 rings (SSSR count). The van der Waals surface area contributed by atoms with Crippen LogP contribution in [0.25, 0.3) is 44.5 Å². The molecular weight excluding hydrogens is 380 g/mol. The summed E-state index contributed by atoms with van der Waals surface area (Å²) in [6, 6.07) is 13.8. The SMILES string of the molecule is [2H]C([2H])([2H])c1ccc(-c2c(C)ccc3c2oc2c4c(cnc23)C(C([2H])([2H])[2H])(C([2H])([2H])[2H])c2ccccc2-4)[n+](C)c1. The van der Waals surface area contributed by atoms with Crippen molar-refractivity contribution < 1.29 is 21.3 Å². The van der Waals surface area contributed by atoms with E-state index in [1.165, 1.54) is 6.20 Å². The minimum atomic E-state index is -2.90. The van der Waals surface area contributed by atoms with Gasteiger partial charge in [0, 0.05) is 46.5 Å². The van der Waals surface area contributed by atoms with Gasteiger partial charge >= 0.3 is 0 Å². The van der Waals surface area contributed by atoms with E-state index in [2.05, 4.69) is 4.98 Å². The maximum atomic E-state index is 8.44. The highest BCUT2D eigenvalue weighted by Gasteiger charge is 2.38. The number of nitrogens with zero attached hydrogens (tertiary/aromatic N) is 2. The molecule has 31 heavy (non-hydrogen) atoms. The second kappa shape index (κ2) is 6.04. The molecule has 0 bridgehead atoms. The Morgan fingerprint density at radius 1 is 0.968 bits per heavy atom. The summed E-state index contributed by atoms with van der Waals surface area (Å²) in [6.07, 6.45) is 2.94. The van der Waals surface area contributed by atoms with Crippen LogP contribution in [-0.4, -0.2) is 4.98 Å². The van der Waals surface area contributed by atoms with Gasteiger partial charge in [0.15, 0.2) is 17.4 Å². The molecule has 0 radical (unpaired) electrons. The Kier molecular flexibility index (Phi) is 2.19. The molecule has 3 aromatic heterocycles. The molecule has 0 saturated heterocycles. The molecule has 3 nitrogen and oxygen atoms in total. The van der Waals surface area contributed by atoms with Crippen LogP contribution >= 0.6 is 0 Å². The minimum Gasteiger partial charge on any atom is -0.453 e. The van der Waals surface area contributed by atoms with Crippen LogP contribution < -0.4 is 4.57 Å². The third-order valence-corrected chi connectivity index (χ3v) is 6.25. The minimum absolute atomic E-state index is 0.0890. The number of hydrogen-bond donors (Lipinski definition) is 0. The molecule has 152 valence electrons. The molecule has 0 N–H and O–H groups in total. The molecule has 0 amide bonds. The van der Waals surface area contributed by atoms with Crippen molar-refractivity contribution in [3.63, 3.8) is 0 Å². The van der Waals surface area contributed by atoms with E-state index < -0.39 is 26.0 Å². The van der Waals surface area contributed by atoms with E-state index in [1.807, 2.05) is 19.1 Å². The molecule has 0 atom stereocenters. The Hall–Kier alpha value is -3.46. The van der Waals surface area contributed by atoms with E-state index in [-0.39, 0.29) is 16.7 Å². The Labute approximate surface area is 194 Å². The second-order valence-corrected chi connectivity index (χ2v) is 8.17. The monoisotopic (exact) mass is 414 g/mol. The zero-order valence-electron chi connectivity index (χ0n) is 26.1. The topological polar surface area (TPSA) is 29.9 Å². The maximum Gasteiger partial charge on any atom is 0.216 e. The van der Waals surface area contributed by atoms with Crippen LogP contribution in [0.5, 0.6) is 0 Å². The number of aryl methyl sites for hydroxylation is 3. The normalized spacial score (nSPS) is 19.7. The first-order chi connectivity index (χ1) is 18.6. The zero-order chi connectivity index (χ0) is 29.0.